The Morgan fingerprint density at radius 3 is 2.15 bits per heavy atom. The van der Waals surface area contributed by atoms with E-state index in [1.54, 1.807) is 0 Å². The van der Waals surface area contributed by atoms with E-state index in [9.17, 15) is 0 Å². The molecule has 2 rings (SSSR count). The molecule has 0 aromatic heterocycles. The summed E-state index contributed by atoms with van der Waals surface area (Å²) in [6, 6.07) is 15.2. The lowest BCUT2D eigenvalue weighted by Gasteiger charge is -2.09. The molecule has 0 saturated carbocycles. The SMILES string of the molecule is CCOc1ccc(NCCOc2ccc(Cl)cc2)cc1. The molecule has 0 atom stereocenters. The normalized spacial score (nSPS) is 10.1. The molecule has 0 radical (unpaired) electrons. The van der Waals surface area contributed by atoms with Crippen LogP contribution in [0.25, 0.3) is 0 Å². The zero-order chi connectivity index (χ0) is 14.2. The van der Waals surface area contributed by atoms with Crippen molar-refractivity contribution in [2.45, 2.75) is 6.92 Å². The van der Waals surface area contributed by atoms with Crippen molar-refractivity contribution in [1.82, 2.24) is 0 Å². The lowest BCUT2D eigenvalue weighted by atomic mass is 10.3. The number of halogens is 1. The fourth-order valence-electron chi connectivity index (χ4n) is 1.73. The summed E-state index contributed by atoms with van der Waals surface area (Å²) >= 11 is 5.81. The third-order valence-corrected chi connectivity index (χ3v) is 2.93. The summed E-state index contributed by atoms with van der Waals surface area (Å²) < 4.78 is 11.0. The minimum absolute atomic E-state index is 0.592. The molecule has 1 N–H and O–H groups in total. The van der Waals surface area contributed by atoms with E-state index in [1.165, 1.54) is 0 Å². The van der Waals surface area contributed by atoms with Gasteiger partial charge in [0, 0.05) is 17.3 Å². The molecule has 0 aliphatic heterocycles. The smallest absolute Gasteiger partial charge is 0.119 e. The Hall–Kier alpha value is -1.87. The highest BCUT2D eigenvalue weighted by molar-refractivity contribution is 6.30. The highest BCUT2D eigenvalue weighted by Crippen LogP contribution is 2.16. The van der Waals surface area contributed by atoms with E-state index in [4.69, 9.17) is 21.1 Å². The zero-order valence-electron chi connectivity index (χ0n) is 11.4. The van der Waals surface area contributed by atoms with Gasteiger partial charge in [-0.2, -0.15) is 0 Å². The second-order valence-corrected chi connectivity index (χ2v) is 4.62. The Labute approximate surface area is 124 Å². The van der Waals surface area contributed by atoms with Crippen molar-refractivity contribution in [3.63, 3.8) is 0 Å². The molecule has 4 heteroatoms. The largest absolute Gasteiger partial charge is 0.494 e. The van der Waals surface area contributed by atoms with E-state index < -0.39 is 0 Å². The van der Waals surface area contributed by atoms with Crippen LogP contribution in [0, 0.1) is 0 Å². The van der Waals surface area contributed by atoms with Crippen LogP contribution in [0.5, 0.6) is 11.5 Å². The number of nitrogens with one attached hydrogen (secondary N) is 1. The van der Waals surface area contributed by atoms with Crippen molar-refractivity contribution in [1.29, 1.82) is 0 Å². The van der Waals surface area contributed by atoms with E-state index in [2.05, 4.69) is 5.32 Å². The first-order valence-corrected chi connectivity index (χ1v) is 7.01. The summed E-state index contributed by atoms with van der Waals surface area (Å²) in [4.78, 5) is 0. The second-order valence-electron chi connectivity index (χ2n) is 4.19. The molecule has 0 unspecified atom stereocenters. The lowest BCUT2D eigenvalue weighted by molar-refractivity contribution is 0.333. The van der Waals surface area contributed by atoms with Gasteiger partial charge in [0.15, 0.2) is 0 Å². The molecule has 0 spiro atoms. The van der Waals surface area contributed by atoms with Crippen molar-refractivity contribution in [2.24, 2.45) is 0 Å². The molecular weight excluding hydrogens is 274 g/mol. The second kappa shape index (κ2) is 7.65. The summed E-state index contributed by atoms with van der Waals surface area (Å²) in [7, 11) is 0. The zero-order valence-corrected chi connectivity index (χ0v) is 12.2. The van der Waals surface area contributed by atoms with Gasteiger partial charge in [-0.3, -0.25) is 0 Å². The van der Waals surface area contributed by atoms with Crippen molar-refractivity contribution in [2.75, 3.05) is 25.1 Å². The molecule has 0 bridgehead atoms. The Morgan fingerprint density at radius 2 is 1.50 bits per heavy atom. The van der Waals surface area contributed by atoms with Gasteiger partial charge in [-0.05, 0) is 55.5 Å². The Kier molecular flexibility index (Phi) is 5.56. The summed E-state index contributed by atoms with van der Waals surface area (Å²) in [5.41, 5.74) is 1.05. The van der Waals surface area contributed by atoms with Crippen LogP contribution in [0.3, 0.4) is 0 Å². The maximum Gasteiger partial charge on any atom is 0.119 e. The number of benzene rings is 2. The molecular formula is C16H18ClNO2. The average molecular weight is 292 g/mol. The molecule has 0 aliphatic carbocycles. The highest BCUT2D eigenvalue weighted by Gasteiger charge is 1.96. The first-order chi connectivity index (χ1) is 9.78. The first-order valence-electron chi connectivity index (χ1n) is 6.63. The number of hydrogen-bond acceptors (Lipinski definition) is 3. The Bertz CT molecular complexity index is 511. The maximum atomic E-state index is 5.81. The van der Waals surface area contributed by atoms with Crippen LogP contribution in [-0.2, 0) is 0 Å². The monoisotopic (exact) mass is 291 g/mol. The summed E-state index contributed by atoms with van der Waals surface area (Å²) in [5, 5.41) is 4.00. The van der Waals surface area contributed by atoms with Crippen molar-refractivity contribution in [3.05, 3.63) is 53.6 Å². The number of ether oxygens (including phenoxy) is 2. The number of hydrogen-bond donors (Lipinski definition) is 1. The lowest BCUT2D eigenvalue weighted by Crippen LogP contribution is -2.11. The predicted molar refractivity (Wildman–Crippen MR) is 83.0 cm³/mol. The third-order valence-electron chi connectivity index (χ3n) is 2.68. The minimum Gasteiger partial charge on any atom is -0.494 e. The predicted octanol–water partition coefficient (Wildman–Crippen LogP) is 4.23. The van der Waals surface area contributed by atoms with Gasteiger partial charge in [0.25, 0.3) is 0 Å². The molecule has 2 aromatic rings. The molecule has 106 valence electrons. The average Bonchev–Trinajstić information content (AvgIpc) is 2.47. The summed E-state index contributed by atoms with van der Waals surface area (Å²) in [6.07, 6.45) is 0. The number of rotatable bonds is 7. The fourth-order valence-corrected chi connectivity index (χ4v) is 1.86. The molecule has 0 fully saturated rings. The van der Waals surface area contributed by atoms with E-state index >= 15 is 0 Å². The van der Waals surface area contributed by atoms with Gasteiger partial charge in [-0.25, -0.2) is 0 Å². The van der Waals surface area contributed by atoms with Crippen LogP contribution in [-0.4, -0.2) is 19.8 Å². The first kappa shape index (κ1) is 14.5. The summed E-state index contributed by atoms with van der Waals surface area (Å²) in [6.45, 7) is 3.98. The molecule has 0 aliphatic rings. The van der Waals surface area contributed by atoms with E-state index in [1.807, 2.05) is 55.5 Å². The quantitative estimate of drug-likeness (QED) is 0.774. The summed E-state index contributed by atoms with van der Waals surface area (Å²) in [5.74, 6) is 1.71. The van der Waals surface area contributed by atoms with Gasteiger partial charge in [0.05, 0.1) is 6.61 Å². The molecule has 0 amide bonds. The molecule has 0 saturated heterocycles. The van der Waals surface area contributed by atoms with Crippen molar-refractivity contribution >= 4 is 17.3 Å². The van der Waals surface area contributed by atoms with Crippen molar-refractivity contribution in [3.8, 4) is 11.5 Å². The topological polar surface area (TPSA) is 30.5 Å². The molecule has 3 nitrogen and oxygen atoms in total. The Balaban J connectivity index is 1.71. The minimum atomic E-state index is 0.592. The van der Waals surface area contributed by atoms with Gasteiger partial charge in [-0.15, -0.1) is 0 Å². The van der Waals surface area contributed by atoms with Crippen LogP contribution in [0.2, 0.25) is 5.02 Å². The maximum absolute atomic E-state index is 5.81. The van der Waals surface area contributed by atoms with Crippen LogP contribution in [0.1, 0.15) is 6.92 Å². The van der Waals surface area contributed by atoms with E-state index in [0.717, 1.165) is 23.7 Å². The van der Waals surface area contributed by atoms with Crippen LogP contribution in [0.15, 0.2) is 48.5 Å². The van der Waals surface area contributed by atoms with Crippen LogP contribution >= 0.6 is 11.6 Å². The van der Waals surface area contributed by atoms with E-state index in [0.29, 0.717) is 18.2 Å². The van der Waals surface area contributed by atoms with Crippen LogP contribution in [0.4, 0.5) is 5.69 Å². The van der Waals surface area contributed by atoms with Gasteiger partial charge in [0.2, 0.25) is 0 Å². The van der Waals surface area contributed by atoms with E-state index in [-0.39, 0.29) is 0 Å². The van der Waals surface area contributed by atoms with Gasteiger partial charge >= 0.3 is 0 Å². The molecule has 2 aromatic carbocycles. The number of anilines is 1. The fraction of sp³-hybridized carbons (Fsp3) is 0.250. The van der Waals surface area contributed by atoms with Gasteiger partial charge in [-0.1, -0.05) is 11.6 Å². The molecule has 0 heterocycles. The Morgan fingerprint density at radius 1 is 0.900 bits per heavy atom. The van der Waals surface area contributed by atoms with Crippen LogP contribution < -0.4 is 14.8 Å². The van der Waals surface area contributed by atoms with Crippen molar-refractivity contribution < 1.29 is 9.47 Å². The van der Waals surface area contributed by atoms with Gasteiger partial charge < -0.3 is 14.8 Å². The third kappa shape index (κ3) is 4.67. The van der Waals surface area contributed by atoms with Gasteiger partial charge in [0.1, 0.15) is 18.1 Å². The molecule has 20 heavy (non-hydrogen) atoms. The standard InChI is InChI=1S/C16H18ClNO2/c1-2-19-15-9-5-14(6-10-15)18-11-12-20-16-7-3-13(17)4-8-16/h3-10,18H,2,11-12H2,1H3. The highest BCUT2D eigenvalue weighted by atomic mass is 35.5.